The second-order valence-corrected chi connectivity index (χ2v) is 8.25. The first-order chi connectivity index (χ1) is 16.5. The summed E-state index contributed by atoms with van der Waals surface area (Å²) in [5.74, 6) is 0.829. The summed E-state index contributed by atoms with van der Waals surface area (Å²) in [6.45, 7) is 2.42. The van der Waals surface area contributed by atoms with Crippen LogP contribution in [0.25, 0.3) is 11.3 Å². The van der Waals surface area contributed by atoms with E-state index in [4.69, 9.17) is 15.6 Å². The zero-order valence-electron chi connectivity index (χ0n) is 19.2. The van der Waals surface area contributed by atoms with Crippen molar-refractivity contribution in [3.8, 4) is 22.8 Å². The van der Waals surface area contributed by atoms with Gasteiger partial charge in [0.05, 0.1) is 11.6 Å². The number of piperidine rings is 1. The predicted molar refractivity (Wildman–Crippen MR) is 131 cm³/mol. The number of nitrogens with zero attached hydrogens (tertiary/aromatic N) is 3. The number of benzene rings is 2. The molecule has 176 valence electrons. The van der Waals surface area contributed by atoms with E-state index in [1.165, 1.54) is 0 Å². The maximum Gasteiger partial charge on any atom is 0.252 e. The summed E-state index contributed by atoms with van der Waals surface area (Å²) in [7, 11) is 1.61. The third kappa shape index (κ3) is 5.71. The molecule has 1 aliphatic rings. The van der Waals surface area contributed by atoms with Crippen LogP contribution in [0.3, 0.4) is 0 Å². The van der Waals surface area contributed by atoms with Crippen LogP contribution in [0.5, 0.6) is 11.5 Å². The van der Waals surface area contributed by atoms with Crippen LogP contribution in [0, 0.1) is 0 Å². The molecule has 2 heterocycles. The molecule has 1 aliphatic heterocycles. The highest BCUT2D eigenvalue weighted by molar-refractivity contribution is 5.98. The van der Waals surface area contributed by atoms with E-state index < -0.39 is 5.91 Å². The maximum absolute atomic E-state index is 12.2. The van der Waals surface area contributed by atoms with E-state index in [9.17, 15) is 9.59 Å². The van der Waals surface area contributed by atoms with E-state index in [1.807, 2.05) is 65.4 Å². The monoisotopic (exact) mass is 459 g/mol. The van der Waals surface area contributed by atoms with Crippen LogP contribution in [0.2, 0.25) is 0 Å². The average molecular weight is 460 g/mol. The van der Waals surface area contributed by atoms with Crippen LogP contribution in [0.15, 0.2) is 72.9 Å². The number of hydrogen-bond donors (Lipinski definition) is 2. The van der Waals surface area contributed by atoms with Crippen molar-refractivity contribution in [3.63, 3.8) is 0 Å². The number of nitrogens with two attached hydrogens (primary N) is 1. The summed E-state index contributed by atoms with van der Waals surface area (Å²) >= 11 is 0. The predicted octanol–water partition coefficient (Wildman–Crippen LogP) is 3.38. The van der Waals surface area contributed by atoms with Gasteiger partial charge in [-0.15, -0.1) is 0 Å². The van der Waals surface area contributed by atoms with Gasteiger partial charge in [-0.3, -0.25) is 19.2 Å². The number of likely N-dealkylation sites (N-methyl/N-ethyl adjacent to an activating group) is 1. The van der Waals surface area contributed by atoms with Crippen molar-refractivity contribution >= 4 is 11.8 Å². The Balaban J connectivity index is 1.50. The number of ether oxygens (including phenoxy) is 1. The van der Waals surface area contributed by atoms with E-state index in [2.05, 4.69) is 10.2 Å². The van der Waals surface area contributed by atoms with Gasteiger partial charge in [-0.05, 0) is 55.8 Å². The maximum atomic E-state index is 12.2. The summed E-state index contributed by atoms with van der Waals surface area (Å²) in [6, 6.07) is 17.1. The molecule has 34 heavy (non-hydrogen) atoms. The molecule has 2 aromatic carbocycles. The lowest BCUT2D eigenvalue weighted by molar-refractivity contribution is -0.116. The largest absolute Gasteiger partial charge is 0.457 e. The smallest absolute Gasteiger partial charge is 0.252 e. The Morgan fingerprint density at radius 2 is 1.88 bits per heavy atom. The van der Waals surface area contributed by atoms with Crippen LogP contribution in [0.4, 0.5) is 0 Å². The summed E-state index contributed by atoms with van der Waals surface area (Å²) in [6.07, 6.45) is 7.13. The van der Waals surface area contributed by atoms with Crippen LogP contribution < -0.4 is 15.8 Å². The van der Waals surface area contributed by atoms with E-state index in [1.54, 1.807) is 19.3 Å². The van der Waals surface area contributed by atoms with Crippen molar-refractivity contribution in [1.29, 1.82) is 0 Å². The lowest BCUT2D eigenvalue weighted by Crippen LogP contribution is -2.37. The second kappa shape index (κ2) is 10.8. The van der Waals surface area contributed by atoms with Crippen molar-refractivity contribution < 1.29 is 14.3 Å². The third-order valence-corrected chi connectivity index (χ3v) is 5.84. The third-order valence-electron chi connectivity index (χ3n) is 5.84. The number of rotatable bonds is 8. The first-order valence-corrected chi connectivity index (χ1v) is 11.4. The zero-order chi connectivity index (χ0) is 23.9. The molecule has 1 unspecified atom stereocenters. The Morgan fingerprint density at radius 1 is 1.15 bits per heavy atom. The second-order valence-electron chi connectivity index (χ2n) is 8.25. The van der Waals surface area contributed by atoms with Crippen molar-refractivity contribution in [2.45, 2.75) is 18.9 Å². The quantitative estimate of drug-likeness (QED) is 0.503. The van der Waals surface area contributed by atoms with Crippen LogP contribution in [0.1, 0.15) is 29.2 Å². The molecule has 1 saturated heterocycles. The Morgan fingerprint density at radius 3 is 2.59 bits per heavy atom. The minimum absolute atomic E-state index is 0.114. The molecule has 0 spiro atoms. The fourth-order valence-corrected chi connectivity index (χ4v) is 4.08. The molecule has 3 aromatic rings. The van der Waals surface area contributed by atoms with Gasteiger partial charge in [-0.1, -0.05) is 24.3 Å². The zero-order valence-corrected chi connectivity index (χ0v) is 19.2. The summed E-state index contributed by atoms with van der Waals surface area (Å²) in [4.78, 5) is 25.9. The molecule has 0 bridgehead atoms. The lowest BCUT2D eigenvalue weighted by atomic mass is 10.1. The normalized spacial score (nSPS) is 16.4. The van der Waals surface area contributed by atoms with Gasteiger partial charge in [-0.25, -0.2) is 0 Å². The van der Waals surface area contributed by atoms with Gasteiger partial charge >= 0.3 is 0 Å². The molecular formula is C26H29N5O3. The number of carbonyl (C=O) groups is 2. The van der Waals surface area contributed by atoms with Gasteiger partial charge in [0.25, 0.3) is 5.91 Å². The summed E-state index contributed by atoms with van der Waals surface area (Å²) < 4.78 is 7.72. The molecule has 0 radical (unpaired) electrons. The van der Waals surface area contributed by atoms with E-state index in [0.29, 0.717) is 23.6 Å². The molecule has 0 saturated carbocycles. The van der Waals surface area contributed by atoms with Crippen molar-refractivity contribution in [2.24, 2.45) is 5.73 Å². The molecule has 8 nitrogen and oxygen atoms in total. The molecule has 1 fully saturated rings. The van der Waals surface area contributed by atoms with Gasteiger partial charge in [0, 0.05) is 38.0 Å². The minimum atomic E-state index is -0.507. The number of nitrogens with one attached hydrogen (secondary N) is 1. The first kappa shape index (κ1) is 23.3. The van der Waals surface area contributed by atoms with E-state index in [0.717, 1.165) is 37.2 Å². The highest BCUT2D eigenvalue weighted by Crippen LogP contribution is 2.29. The molecule has 1 atom stereocenters. The molecule has 8 heteroatoms. The van der Waals surface area contributed by atoms with E-state index in [-0.39, 0.29) is 11.9 Å². The first-order valence-electron chi connectivity index (χ1n) is 11.4. The topological polar surface area (TPSA) is 102 Å². The molecule has 3 N–H and O–H groups in total. The molecule has 0 aliphatic carbocycles. The minimum Gasteiger partial charge on any atom is -0.457 e. The van der Waals surface area contributed by atoms with Crippen LogP contribution >= 0.6 is 0 Å². The number of likely N-dealkylation sites (tertiary alicyclic amines) is 1. The highest BCUT2D eigenvalue weighted by atomic mass is 16.5. The molecule has 2 amide bonds. The Labute approximate surface area is 199 Å². The number of primary amides is 1. The standard InChI is InChI=1S/C26H29N5O3/c1-28-24(32)10-6-16-30-15-5-7-20(17-30)31-18-23(26(27)33)25(29-31)19-11-13-22(14-12-19)34-21-8-3-2-4-9-21/h2-4,6,8-14,18,20H,5,7,15-17H2,1H3,(H2,27,33)(H,28,32). The number of hydrogen-bond acceptors (Lipinski definition) is 5. The fourth-order valence-electron chi connectivity index (χ4n) is 4.08. The van der Waals surface area contributed by atoms with E-state index >= 15 is 0 Å². The Bertz CT molecular complexity index is 1150. The number of para-hydroxylation sites is 1. The van der Waals surface area contributed by atoms with Gasteiger partial charge in [0.1, 0.15) is 17.2 Å². The summed E-state index contributed by atoms with van der Waals surface area (Å²) in [5, 5.41) is 7.34. The van der Waals surface area contributed by atoms with Gasteiger partial charge in [-0.2, -0.15) is 5.10 Å². The van der Waals surface area contributed by atoms with Gasteiger partial charge < -0.3 is 15.8 Å². The highest BCUT2D eigenvalue weighted by Gasteiger charge is 2.24. The van der Waals surface area contributed by atoms with Gasteiger partial charge in [0.15, 0.2) is 0 Å². The number of amides is 2. The van der Waals surface area contributed by atoms with Crippen molar-refractivity contribution in [3.05, 3.63) is 78.5 Å². The number of carbonyl (C=O) groups excluding carboxylic acids is 2. The van der Waals surface area contributed by atoms with Crippen molar-refractivity contribution in [2.75, 3.05) is 26.7 Å². The average Bonchev–Trinajstić information content (AvgIpc) is 3.31. The van der Waals surface area contributed by atoms with Crippen LogP contribution in [-0.4, -0.2) is 53.2 Å². The lowest BCUT2D eigenvalue weighted by Gasteiger charge is -2.32. The summed E-state index contributed by atoms with van der Waals surface area (Å²) in [5.41, 5.74) is 7.45. The SMILES string of the molecule is CNC(=O)C=CCN1CCCC(n2cc(C(N)=O)c(-c3ccc(Oc4ccccc4)cc3)n2)C1. The molecule has 1 aromatic heterocycles. The van der Waals surface area contributed by atoms with Gasteiger partial charge in [0.2, 0.25) is 5.91 Å². The Hall–Kier alpha value is -3.91. The fraction of sp³-hybridized carbons (Fsp3) is 0.269. The molecular weight excluding hydrogens is 430 g/mol. The molecule has 4 rings (SSSR count). The number of aromatic nitrogens is 2. The van der Waals surface area contributed by atoms with Crippen LogP contribution in [-0.2, 0) is 4.79 Å². The Kier molecular flexibility index (Phi) is 7.39. The van der Waals surface area contributed by atoms with Crippen molar-refractivity contribution in [1.82, 2.24) is 20.0 Å².